The molecule has 1 aliphatic carbocycles. The second-order valence-corrected chi connectivity index (χ2v) is 5.82. The number of ether oxygens (including phenoxy) is 3. The van der Waals surface area contributed by atoms with Crippen molar-refractivity contribution >= 4 is 17.6 Å². The molecule has 1 amide bonds. The summed E-state index contributed by atoms with van der Waals surface area (Å²) in [4.78, 5) is 23.9. The normalized spacial score (nSPS) is 16.1. The molecule has 1 aromatic carbocycles. The number of rotatable bonds is 6. The molecule has 1 saturated carbocycles. The fourth-order valence-corrected chi connectivity index (χ4v) is 2.68. The highest BCUT2D eigenvalue weighted by atomic mass is 16.6. The lowest BCUT2D eigenvalue weighted by Crippen LogP contribution is -2.42. The molecule has 0 aliphatic heterocycles. The zero-order valence-corrected chi connectivity index (χ0v) is 14.0. The smallest absolute Gasteiger partial charge is 0.338 e. The number of carbonyl (C=O) groups is 2. The molecule has 0 heterocycles. The van der Waals surface area contributed by atoms with E-state index in [0.29, 0.717) is 30.0 Å². The molecule has 2 rings (SSSR count). The van der Waals surface area contributed by atoms with Crippen LogP contribution in [0.2, 0.25) is 0 Å². The van der Waals surface area contributed by atoms with Gasteiger partial charge in [0.15, 0.2) is 12.2 Å². The number of nitrogens with one attached hydrogen (secondary N) is 1. The number of hydrogen-bond donors (Lipinski definition) is 2. The first-order valence-corrected chi connectivity index (χ1v) is 7.89. The zero-order chi connectivity index (χ0) is 17.6. The molecule has 0 spiro atoms. The third-order valence-corrected chi connectivity index (χ3v) is 4.03. The van der Waals surface area contributed by atoms with Crippen LogP contribution in [0.3, 0.4) is 0 Å². The summed E-state index contributed by atoms with van der Waals surface area (Å²) >= 11 is 0. The summed E-state index contributed by atoms with van der Waals surface area (Å²) in [5.41, 5.74) is -0.999. The van der Waals surface area contributed by atoms with Crippen LogP contribution in [0.1, 0.15) is 32.1 Å². The predicted molar refractivity (Wildman–Crippen MR) is 87.2 cm³/mol. The van der Waals surface area contributed by atoms with Crippen LogP contribution in [0.15, 0.2) is 18.2 Å². The topological polar surface area (TPSA) is 94.1 Å². The standard InChI is InChI=1S/C17H23NO6/c1-22-13-8-12(9-14(10-13)23-2)18-15(19)11-24-16(20)17(21)6-4-3-5-7-17/h8-10,21H,3-7,11H2,1-2H3,(H,18,19). The van der Waals surface area contributed by atoms with Crippen molar-refractivity contribution in [2.75, 3.05) is 26.1 Å². The van der Waals surface area contributed by atoms with Crippen molar-refractivity contribution in [2.45, 2.75) is 37.7 Å². The van der Waals surface area contributed by atoms with Crippen LogP contribution in [0.4, 0.5) is 5.69 Å². The Bertz CT molecular complexity index is 572. The predicted octanol–water partition coefficient (Wildman–Crippen LogP) is 1.88. The molecule has 1 aliphatic rings. The molecule has 2 N–H and O–H groups in total. The van der Waals surface area contributed by atoms with E-state index < -0.39 is 24.1 Å². The summed E-state index contributed by atoms with van der Waals surface area (Å²) in [7, 11) is 3.01. The Kier molecular flexibility index (Phi) is 6.03. The number of aliphatic hydroxyl groups is 1. The van der Waals surface area contributed by atoms with Crippen molar-refractivity contribution in [1.29, 1.82) is 0 Å². The Morgan fingerprint density at radius 1 is 1.08 bits per heavy atom. The summed E-state index contributed by atoms with van der Waals surface area (Å²) in [5.74, 6) is -0.185. The molecule has 132 valence electrons. The molecule has 24 heavy (non-hydrogen) atoms. The second-order valence-electron chi connectivity index (χ2n) is 5.82. The van der Waals surface area contributed by atoms with Crippen molar-refractivity contribution < 1.29 is 28.9 Å². The number of esters is 1. The van der Waals surface area contributed by atoms with Crippen molar-refractivity contribution in [2.24, 2.45) is 0 Å². The number of carbonyl (C=O) groups excluding carboxylic acids is 2. The van der Waals surface area contributed by atoms with E-state index in [-0.39, 0.29) is 0 Å². The highest BCUT2D eigenvalue weighted by Crippen LogP contribution is 2.29. The minimum absolute atomic E-state index is 0.376. The van der Waals surface area contributed by atoms with E-state index >= 15 is 0 Å². The van der Waals surface area contributed by atoms with E-state index in [1.165, 1.54) is 14.2 Å². The summed E-state index contributed by atoms with van der Waals surface area (Å²) in [6.45, 7) is -0.458. The maximum absolute atomic E-state index is 12.0. The van der Waals surface area contributed by atoms with Gasteiger partial charge in [-0.2, -0.15) is 0 Å². The molecule has 1 aromatic rings. The SMILES string of the molecule is COc1cc(NC(=O)COC(=O)C2(O)CCCCC2)cc(OC)c1. The van der Waals surface area contributed by atoms with Gasteiger partial charge >= 0.3 is 5.97 Å². The van der Waals surface area contributed by atoms with Crippen LogP contribution < -0.4 is 14.8 Å². The van der Waals surface area contributed by atoms with E-state index in [1.807, 2.05) is 0 Å². The summed E-state index contributed by atoms with van der Waals surface area (Å²) in [6.07, 6.45) is 3.30. The van der Waals surface area contributed by atoms with Gasteiger partial charge in [-0.15, -0.1) is 0 Å². The van der Waals surface area contributed by atoms with E-state index in [2.05, 4.69) is 5.32 Å². The van der Waals surface area contributed by atoms with Crippen LogP contribution in [-0.2, 0) is 14.3 Å². The molecule has 0 unspecified atom stereocenters. The monoisotopic (exact) mass is 337 g/mol. The fraction of sp³-hybridized carbons (Fsp3) is 0.529. The zero-order valence-electron chi connectivity index (χ0n) is 14.0. The van der Waals surface area contributed by atoms with Gasteiger partial charge in [-0.3, -0.25) is 4.79 Å². The van der Waals surface area contributed by atoms with Gasteiger partial charge < -0.3 is 24.6 Å². The van der Waals surface area contributed by atoms with Crippen LogP contribution in [-0.4, -0.2) is 43.4 Å². The average molecular weight is 337 g/mol. The third-order valence-electron chi connectivity index (χ3n) is 4.03. The van der Waals surface area contributed by atoms with Crippen LogP contribution in [0.25, 0.3) is 0 Å². The molecule has 1 fully saturated rings. The van der Waals surface area contributed by atoms with E-state index in [4.69, 9.17) is 14.2 Å². The molecule has 0 aromatic heterocycles. The van der Waals surface area contributed by atoms with E-state index in [0.717, 1.165) is 19.3 Å². The van der Waals surface area contributed by atoms with Crippen molar-refractivity contribution in [3.8, 4) is 11.5 Å². The minimum atomic E-state index is -1.46. The lowest BCUT2D eigenvalue weighted by atomic mass is 9.85. The van der Waals surface area contributed by atoms with E-state index in [9.17, 15) is 14.7 Å². The Morgan fingerprint density at radius 2 is 1.67 bits per heavy atom. The van der Waals surface area contributed by atoms with Crippen LogP contribution >= 0.6 is 0 Å². The largest absolute Gasteiger partial charge is 0.497 e. The van der Waals surface area contributed by atoms with Crippen LogP contribution in [0, 0.1) is 0 Å². The van der Waals surface area contributed by atoms with Gasteiger partial charge in [-0.05, 0) is 25.7 Å². The van der Waals surface area contributed by atoms with Gasteiger partial charge in [-0.25, -0.2) is 4.79 Å². The first-order chi connectivity index (χ1) is 11.5. The number of hydrogen-bond acceptors (Lipinski definition) is 6. The molecule has 0 atom stereocenters. The van der Waals surface area contributed by atoms with Gasteiger partial charge in [0.05, 0.1) is 14.2 Å². The van der Waals surface area contributed by atoms with Gasteiger partial charge in [0.2, 0.25) is 0 Å². The highest BCUT2D eigenvalue weighted by Gasteiger charge is 2.38. The Morgan fingerprint density at radius 3 is 2.21 bits per heavy atom. The molecular weight excluding hydrogens is 314 g/mol. The summed E-state index contributed by atoms with van der Waals surface area (Å²) in [5, 5.41) is 12.8. The number of amides is 1. The first-order valence-electron chi connectivity index (χ1n) is 7.89. The average Bonchev–Trinajstić information content (AvgIpc) is 2.59. The Hall–Kier alpha value is -2.28. The van der Waals surface area contributed by atoms with Gasteiger partial charge in [0.1, 0.15) is 11.5 Å². The maximum atomic E-state index is 12.0. The van der Waals surface area contributed by atoms with Crippen molar-refractivity contribution in [1.82, 2.24) is 0 Å². The minimum Gasteiger partial charge on any atom is -0.497 e. The van der Waals surface area contributed by atoms with Crippen LogP contribution in [0.5, 0.6) is 11.5 Å². The number of anilines is 1. The van der Waals surface area contributed by atoms with Gasteiger partial charge in [0.25, 0.3) is 5.91 Å². The molecule has 0 saturated heterocycles. The molecule has 7 nitrogen and oxygen atoms in total. The lowest BCUT2D eigenvalue weighted by Gasteiger charge is -2.29. The Balaban J connectivity index is 1.90. The molecule has 0 bridgehead atoms. The molecule has 0 radical (unpaired) electrons. The second kappa shape index (κ2) is 8.01. The lowest BCUT2D eigenvalue weighted by molar-refractivity contribution is -0.170. The number of methoxy groups -OCH3 is 2. The fourth-order valence-electron chi connectivity index (χ4n) is 2.68. The quantitative estimate of drug-likeness (QED) is 0.770. The van der Waals surface area contributed by atoms with Crippen molar-refractivity contribution in [3.63, 3.8) is 0 Å². The molecule has 7 heteroatoms. The Labute approximate surface area is 140 Å². The first kappa shape index (κ1) is 18.1. The van der Waals surface area contributed by atoms with E-state index in [1.54, 1.807) is 18.2 Å². The number of benzene rings is 1. The maximum Gasteiger partial charge on any atom is 0.338 e. The van der Waals surface area contributed by atoms with Gasteiger partial charge in [0, 0.05) is 23.9 Å². The molecular formula is C17H23NO6. The summed E-state index contributed by atoms with van der Waals surface area (Å²) < 4.78 is 15.2. The van der Waals surface area contributed by atoms with Crippen molar-refractivity contribution in [3.05, 3.63) is 18.2 Å². The van der Waals surface area contributed by atoms with Gasteiger partial charge in [-0.1, -0.05) is 6.42 Å². The third kappa shape index (κ3) is 4.61. The summed E-state index contributed by atoms with van der Waals surface area (Å²) in [6, 6.07) is 4.92. The highest BCUT2D eigenvalue weighted by molar-refractivity contribution is 5.93.